The standard InChI is InChI=1S/C21H20F3N5O3S/c1-20(11-2-4-12(22)5-3-11)15(19(31)32)13(27-17(28-20)18-26-6-7-33-18)9-29-10-21(23,24)8-14(29)16(25)30/h2-7,14H,8-10H2,1H3,(H2,25,30)(H,27,28)(H,31,32)/t14?,20-/m0/s1. The summed E-state index contributed by atoms with van der Waals surface area (Å²) in [6, 6.07) is 3.94. The number of carboxylic acids is 1. The van der Waals surface area contributed by atoms with E-state index in [4.69, 9.17) is 5.73 Å². The van der Waals surface area contributed by atoms with Crippen LogP contribution >= 0.6 is 11.3 Å². The minimum atomic E-state index is -3.15. The highest BCUT2D eigenvalue weighted by atomic mass is 32.1. The van der Waals surface area contributed by atoms with Crippen molar-refractivity contribution in [2.24, 2.45) is 10.7 Å². The second-order valence-corrected chi connectivity index (χ2v) is 8.94. The lowest BCUT2D eigenvalue weighted by Crippen LogP contribution is -2.47. The molecule has 2 aromatic rings. The van der Waals surface area contributed by atoms with Gasteiger partial charge in [-0.2, -0.15) is 0 Å². The van der Waals surface area contributed by atoms with Crippen LogP contribution in [-0.2, 0) is 15.1 Å². The van der Waals surface area contributed by atoms with E-state index in [-0.39, 0.29) is 23.7 Å². The van der Waals surface area contributed by atoms with Gasteiger partial charge in [0.2, 0.25) is 5.91 Å². The van der Waals surface area contributed by atoms with Crippen molar-refractivity contribution in [2.75, 3.05) is 13.1 Å². The zero-order valence-electron chi connectivity index (χ0n) is 17.4. The maximum atomic E-state index is 14.1. The fraction of sp³-hybridized carbons (Fsp3) is 0.333. The summed E-state index contributed by atoms with van der Waals surface area (Å²) in [4.78, 5) is 34.2. The number of benzene rings is 1. The van der Waals surface area contributed by atoms with Crippen molar-refractivity contribution < 1.29 is 27.9 Å². The van der Waals surface area contributed by atoms with Crippen LogP contribution in [0.15, 0.2) is 52.1 Å². The number of aliphatic imine (C=N–C) groups is 1. The normalized spacial score (nSPS) is 25.0. The lowest BCUT2D eigenvalue weighted by molar-refractivity contribution is -0.133. The first kappa shape index (κ1) is 22.9. The lowest BCUT2D eigenvalue weighted by Gasteiger charge is -2.35. The van der Waals surface area contributed by atoms with E-state index >= 15 is 0 Å². The Morgan fingerprint density at radius 2 is 2.03 bits per heavy atom. The topological polar surface area (TPSA) is 121 Å². The number of carboxylic acid groups (broad SMARTS) is 1. The predicted molar refractivity (Wildman–Crippen MR) is 114 cm³/mol. The quantitative estimate of drug-likeness (QED) is 0.584. The molecule has 4 rings (SSSR count). The molecular formula is C21H20F3N5O3S. The smallest absolute Gasteiger partial charge is 0.336 e. The molecule has 1 unspecified atom stereocenters. The molecule has 2 aliphatic rings. The number of nitrogens with one attached hydrogen (secondary N) is 1. The van der Waals surface area contributed by atoms with Crippen LogP contribution < -0.4 is 11.1 Å². The van der Waals surface area contributed by atoms with Crippen LogP contribution in [0, 0.1) is 5.82 Å². The molecule has 0 aliphatic carbocycles. The molecule has 0 radical (unpaired) electrons. The van der Waals surface area contributed by atoms with E-state index in [1.165, 1.54) is 35.6 Å². The van der Waals surface area contributed by atoms with Crippen molar-refractivity contribution in [1.82, 2.24) is 15.2 Å². The summed E-state index contributed by atoms with van der Waals surface area (Å²) in [7, 11) is 0. The van der Waals surface area contributed by atoms with Crippen molar-refractivity contribution in [3.63, 3.8) is 0 Å². The average Bonchev–Trinajstić information content (AvgIpc) is 3.35. The summed E-state index contributed by atoms with van der Waals surface area (Å²) in [5.41, 5.74) is 4.08. The number of amides is 1. The summed E-state index contributed by atoms with van der Waals surface area (Å²) in [6.45, 7) is 0.476. The number of nitrogens with zero attached hydrogens (tertiary/aromatic N) is 3. The highest BCUT2D eigenvalue weighted by molar-refractivity contribution is 7.11. The molecule has 4 N–H and O–H groups in total. The number of carbonyl (C=O) groups excluding carboxylic acids is 1. The number of likely N-dealkylation sites (tertiary alicyclic amines) is 1. The maximum absolute atomic E-state index is 14.1. The van der Waals surface area contributed by atoms with Crippen molar-refractivity contribution >= 4 is 29.0 Å². The molecule has 1 aromatic heterocycles. The first-order valence-corrected chi connectivity index (χ1v) is 10.8. The van der Waals surface area contributed by atoms with Crippen LogP contribution in [0.1, 0.15) is 23.9 Å². The molecule has 1 saturated heterocycles. The molecule has 2 aliphatic heterocycles. The van der Waals surface area contributed by atoms with E-state index < -0.39 is 48.2 Å². The molecule has 1 amide bonds. The second-order valence-electron chi connectivity index (χ2n) is 8.04. The zero-order valence-corrected chi connectivity index (χ0v) is 18.2. The number of halogens is 3. The number of thiazole rings is 1. The Morgan fingerprint density at radius 3 is 2.61 bits per heavy atom. The van der Waals surface area contributed by atoms with Crippen molar-refractivity contribution in [2.45, 2.75) is 30.8 Å². The number of hydrogen-bond donors (Lipinski definition) is 3. The molecule has 0 saturated carbocycles. The van der Waals surface area contributed by atoms with Crippen LogP contribution in [0.5, 0.6) is 0 Å². The Kier molecular flexibility index (Phi) is 5.74. The van der Waals surface area contributed by atoms with Crippen LogP contribution in [0.3, 0.4) is 0 Å². The maximum Gasteiger partial charge on any atom is 0.336 e. The summed E-state index contributed by atoms with van der Waals surface area (Å²) in [5, 5.41) is 15.2. The Balaban J connectivity index is 1.84. The first-order chi connectivity index (χ1) is 15.5. The number of aromatic nitrogens is 1. The number of rotatable bonds is 6. The summed E-state index contributed by atoms with van der Waals surface area (Å²) >= 11 is 1.25. The molecular weight excluding hydrogens is 459 g/mol. The van der Waals surface area contributed by atoms with Crippen molar-refractivity contribution in [1.29, 1.82) is 0 Å². The van der Waals surface area contributed by atoms with Gasteiger partial charge in [0.15, 0.2) is 10.8 Å². The fourth-order valence-electron chi connectivity index (χ4n) is 4.22. The van der Waals surface area contributed by atoms with Gasteiger partial charge >= 0.3 is 5.97 Å². The summed E-state index contributed by atoms with van der Waals surface area (Å²) < 4.78 is 41.8. The zero-order chi connectivity index (χ0) is 24.0. The number of carbonyl (C=O) groups is 2. The van der Waals surface area contributed by atoms with E-state index in [2.05, 4.69) is 15.3 Å². The molecule has 3 heterocycles. The molecule has 0 spiro atoms. The highest BCUT2D eigenvalue weighted by Crippen LogP contribution is 2.40. The largest absolute Gasteiger partial charge is 0.478 e. The lowest BCUT2D eigenvalue weighted by atomic mass is 9.82. The highest BCUT2D eigenvalue weighted by Gasteiger charge is 2.49. The van der Waals surface area contributed by atoms with Crippen molar-refractivity contribution in [3.05, 3.63) is 63.5 Å². The van der Waals surface area contributed by atoms with Crippen LogP contribution in [0.25, 0.3) is 0 Å². The fourth-order valence-corrected chi connectivity index (χ4v) is 4.80. The third-order valence-electron chi connectivity index (χ3n) is 5.71. The molecule has 0 bridgehead atoms. The molecule has 8 nitrogen and oxygen atoms in total. The van der Waals surface area contributed by atoms with Gasteiger partial charge in [-0.25, -0.2) is 27.9 Å². The van der Waals surface area contributed by atoms with Crippen LogP contribution in [0.2, 0.25) is 0 Å². The number of amidine groups is 1. The predicted octanol–water partition coefficient (Wildman–Crippen LogP) is 2.08. The number of alkyl halides is 2. The minimum absolute atomic E-state index is 0.0680. The second kappa shape index (κ2) is 8.27. The van der Waals surface area contributed by atoms with Gasteiger partial charge in [-0.15, -0.1) is 11.3 Å². The number of hydrogen-bond acceptors (Lipinski definition) is 7. The molecule has 12 heteroatoms. The summed E-state index contributed by atoms with van der Waals surface area (Å²) in [6.07, 6.45) is 0.792. The Labute approximate surface area is 190 Å². The van der Waals surface area contributed by atoms with E-state index in [9.17, 15) is 27.9 Å². The monoisotopic (exact) mass is 479 g/mol. The van der Waals surface area contributed by atoms with Gasteiger partial charge in [0.25, 0.3) is 5.92 Å². The van der Waals surface area contributed by atoms with Gasteiger partial charge in [0, 0.05) is 30.2 Å². The third kappa shape index (κ3) is 4.35. The molecule has 2 atom stereocenters. The Bertz CT molecular complexity index is 1150. The van der Waals surface area contributed by atoms with E-state index in [0.717, 1.165) is 4.90 Å². The molecule has 1 aromatic carbocycles. The molecule has 174 valence electrons. The van der Waals surface area contributed by atoms with Gasteiger partial charge in [-0.1, -0.05) is 12.1 Å². The Hall–Kier alpha value is -3.25. The van der Waals surface area contributed by atoms with E-state index in [1.54, 1.807) is 18.5 Å². The SMILES string of the molecule is C[C@@]1(c2ccc(F)cc2)N=C(c2nccs2)NC(CN2CC(F)(F)CC2C(N)=O)=C1C(=O)O. The minimum Gasteiger partial charge on any atom is -0.478 e. The van der Waals surface area contributed by atoms with E-state index in [0.29, 0.717) is 10.6 Å². The summed E-state index contributed by atoms with van der Waals surface area (Å²) in [5.74, 6) is -5.68. The van der Waals surface area contributed by atoms with Crippen LogP contribution in [0.4, 0.5) is 13.2 Å². The van der Waals surface area contributed by atoms with Gasteiger partial charge < -0.3 is 16.2 Å². The Morgan fingerprint density at radius 1 is 1.33 bits per heavy atom. The van der Waals surface area contributed by atoms with E-state index in [1.807, 2.05) is 0 Å². The van der Waals surface area contributed by atoms with Crippen molar-refractivity contribution in [3.8, 4) is 0 Å². The van der Waals surface area contributed by atoms with Gasteiger partial charge in [-0.3, -0.25) is 9.69 Å². The van der Waals surface area contributed by atoms with Gasteiger partial charge in [0.1, 0.15) is 11.4 Å². The first-order valence-electron chi connectivity index (χ1n) is 9.91. The van der Waals surface area contributed by atoms with Gasteiger partial charge in [0.05, 0.1) is 18.2 Å². The molecule has 1 fully saturated rings. The van der Waals surface area contributed by atoms with Gasteiger partial charge in [-0.05, 0) is 24.6 Å². The molecule has 33 heavy (non-hydrogen) atoms. The number of nitrogens with two attached hydrogens (primary N) is 1. The number of primary amides is 1. The van der Waals surface area contributed by atoms with Crippen LogP contribution in [-0.4, -0.2) is 57.8 Å². The number of aliphatic carboxylic acids is 1. The third-order valence-corrected chi connectivity index (χ3v) is 6.49. The average molecular weight is 479 g/mol.